The number of H-pyrrole nitrogens is 1. The Balaban J connectivity index is 1.85. The first-order chi connectivity index (χ1) is 12.4. The zero-order valence-corrected chi connectivity index (χ0v) is 15.8. The van der Waals surface area contributed by atoms with E-state index in [-0.39, 0.29) is 23.9 Å². The molecule has 1 aliphatic carbocycles. The van der Waals surface area contributed by atoms with E-state index in [0.717, 1.165) is 12.8 Å². The highest BCUT2D eigenvalue weighted by Crippen LogP contribution is 2.31. The number of amides is 1. The minimum absolute atomic E-state index is 0.00897. The number of aromatic nitrogens is 3. The van der Waals surface area contributed by atoms with Crippen LogP contribution in [0.2, 0.25) is 0 Å². The van der Waals surface area contributed by atoms with E-state index in [2.05, 4.69) is 35.7 Å². The number of nitrogens with zero attached hydrogens (tertiary/aromatic N) is 3. The van der Waals surface area contributed by atoms with Gasteiger partial charge in [-0.05, 0) is 44.7 Å². The van der Waals surface area contributed by atoms with E-state index in [0.29, 0.717) is 34.7 Å². The Bertz CT molecular complexity index is 841. The van der Waals surface area contributed by atoms with Crippen molar-refractivity contribution in [3.8, 4) is 11.5 Å². The molecule has 2 aromatic rings. The molecule has 2 aromatic heterocycles. The van der Waals surface area contributed by atoms with Gasteiger partial charge in [-0.3, -0.25) is 14.6 Å². The minimum atomic E-state index is -0.264. The average molecular weight is 354 g/mol. The third kappa shape index (κ3) is 3.84. The molecule has 6 heteroatoms. The van der Waals surface area contributed by atoms with Crippen molar-refractivity contribution in [1.29, 1.82) is 0 Å². The van der Waals surface area contributed by atoms with Crippen LogP contribution in [0.25, 0.3) is 11.5 Å². The van der Waals surface area contributed by atoms with E-state index in [4.69, 9.17) is 0 Å². The van der Waals surface area contributed by atoms with E-state index in [9.17, 15) is 9.59 Å². The fraction of sp³-hybridized carbons (Fsp3) is 0.500. The number of hydrogen-bond acceptors (Lipinski definition) is 4. The first-order valence-corrected chi connectivity index (χ1v) is 9.20. The molecule has 26 heavy (non-hydrogen) atoms. The monoisotopic (exact) mass is 354 g/mol. The van der Waals surface area contributed by atoms with E-state index >= 15 is 0 Å². The Morgan fingerprint density at radius 2 is 2.04 bits per heavy atom. The second kappa shape index (κ2) is 7.40. The van der Waals surface area contributed by atoms with Crippen LogP contribution in [0, 0.1) is 12.8 Å². The maximum atomic E-state index is 12.9. The van der Waals surface area contributed by atoms with Crippen molar-refractivity contribution in [2.75, 3.05) is 0 Å². The molecule has 1 fully saturated rings. The van der Waals surface area contributed by atoms with Crippen LogP contribution < -0.4 is 5.56 Å². The Morgan fingerprint density at radius 3 is 2.58 bits per heavy atom. The van der Waals surface area contributed by atoms with Crippen molar-refractivity contribution in [2.24, 2.45) is 5.92 Å². The third-order valence-corrected chi connectivity index (χ3v) is 5.09. The first-order valence-electron chi connectivity index (χ1n) is 9.20. The normalized spacial score (nSPS) is 15.1. The molecule has 1 N–H and O–H groups in total. The average Bonchev–Trinajstić information content (AvgIpc) is 3.43. The SMILES string of the molecule is Cc1nc(-c2ccccn2)[nH]c(=O)c1CC(=O)N(C1CC1)C(C)C(C)C. The van der Waals surface area contributed by atoms with Crippen molar-refractivity contribution in [3.63, 3.8) is 0 Å². The van der Waals surface area contributed by atoms with Gasteiger partial charge in [-0.1, -0.05) is 19.9 Å². The lowest BCUT2D eigenvalue weighted by atomic mass is 10.0. The van der Waals surface area contributed by atoms with Crippen molar-refractivity contribution in [2.45, 2.75) is 59.0 Å². The quantitative estimate of drug-likeness (QED) is 0.865. The molecule has 1 aliphatic rings. The number of carbonyl (C=O) groups excluding carboxylic acids is 1. The molecular formula is C20H26N4O2. The van der Waals surface area contributed by atoms with Crippen molar-refractivity contribution in [1.82, 2.24) is 19.9 Å². The maximum Gasteiger partial charge on any atom is 0.255 e. The van der Waals surface area contributed by atoms with Crippen LogP contribution in [0.4, 0.5) is 0 Å². The Hall–Kier alpha value is -2.50. The standard InChI is InChI=1S/C20H26N4O2/c1-12(2)14(4)24(15-8-9-15)18(25)11-16-13(3)22-19(23-20(16)26)17-7-5-6-10-21-17/h5-7,10,12,14-15H,8-9,11H2,1-4H3,(H,22,23,26). The van der Waals surface area contributed by atoms with E-state index < -0.39 is 0 Å². The van der Waals surface area contributed by atoms with Crippen molar-refractivity contribution < 1.29 is 4.79 Å². The summed E-state index contributed by atoms with van der Waals surface area (Å²) >= 11 is 0. The molecule has 1 saturated carbocycles. The zero-order chi connectivity index (χ0) is 18.8. The summed E-state index contributed by atoms with van der Waals surface area (Å²) in [6.07, 6.45) is 3.84. The number of aryl methyl sites for hydroxylation is 1. The molecule has 0 spiro atoms. The molecule has 0 aromatic carbocycles. The summed E-state index contributed by atoms with van der Waals surface area (Å²) in [6.45, 7) is 8.10. The molecule has 6 nitrogen and oxygen atoms in total. The summed E-state index contributed by atoms with van der Waals surface area (Å²) in [6, 6.07) is 5.93. The van der Waals surface area contributed by atoms with E-state index in [1.54, 1.807) is 19.2 Å². The number of nitrogens with one attached hydrogen (secondary N) is 1. The number of pyridine rings is 1. The maximum absolute atomic E-state index is 12.9. The number of hydrogen-bond donors (Lipinski definition) is 1. The van der Waals surface area contributed by atoms with Gasteiger partial charge in [0.25, 0.3) is 5.56 Å². The second-order valence-electron chi connectivity index (χ2n) is 7.39. The summed E-state index contributed by atoms with van der Waals surface area (Å²) in [5.74, 6) is 0.817. The second-order valence-corrected chi connectivity index (χ2v) is 7.39. The Morgan fingerprint density at radius 1 is 1.31 bits per heavy atom. The highest BCUT2D eigenvalue weighted by atomic mass is 16.2. The Kier molecular flexibility index (Phi) is 5.20. The third-order valence-electron chi connectivity index (χ3n) is 5.09. The lowest BCUT2D eigenvalue weighted by molar-refractivity contribution is -0.134. The lowest BCUT2D eigenvalue weighted by Crippen LogP contribution is -2.44. The van der Waals surface area contributed by atoms with Crippen LogP contribution in [0.5, 0.6) is 0 Å². The smallest absolute Gasteiger partial charge is 0.255 e. The van der Waals surface area contributed by atoms with E-state index in [1.807, 2.05) is 17.0 Å². The highest BCUT2D eigenvalue weighted by molar-refractivity contribution is 5.80. The van der Waals surface area contributed by atoms with Gasteiger partial charge in [0.2, 0.25) is 5.91 Å². The summed E-state index contributed by atoms with van der Waals surface area (Å²) in [4.78, 5) is 38.9. The van der Waals surface area contributed by atoms with Crippen LogP contribution in [-0.2, 0) is 11.2 Å². The molecule has 2 heterocycles. The molecule has 1 unspecified atom stereocenters. The van der Waals surface area contributed by atoms with Crippen molar-refractivity contribution in [3.05, 3.63) is 46.0 Å². The lowest BCUT2D eigenvalue weighted by Gasteiger charge is -2.32. The van der Waals surface area contributed by atoms with Gasteiger partial charge in [0, 0.05) is 29.5 Å². The molecule has 0 radical (unpaired) electrons. The molecule has 3 rings (SSSR count). The van der Waals surface area contributed by atoms with Crippen LogP contribution >= 0.6 is 0 Å². The molecule has 1 atom stereocenters. The number of carbonyl (C=O) groups is 1. The zero-order valence-electron chi connectivity index (χ0n) is 15.8. The molecular weight excluding hydrogens is 328 g/mol. The van der Waals surface area contributed by atoms with Gasteiger partial charge in [0.15, 0.2) is 5.82 Å². The van der Waals surface area contributed by atoms with Crippen LogP contribution in [-0.4, -0.2) is 37.8 Å². The van der Waals surface area contributed by atoms with E-state index in [1.165, 1.54) is 0 Å². The summed E-state index contributed by atoms with van der Waals surface area (Å²) < 4.78 is 0. The van der Waals surface area contributed by atoms with Crippen LogP contribution in [0.15, 0.2) is 29.2 Å². The predicted octanol–water partition coefficient (Wildman–Crippen LogP) is 2.72. The van der Waals surface area contributed by atoms with Gasteiger partial charge in [-0.15, -0.1) is 0 Å². The topological polar surface area (TPSA) is 79.0 Å². The van der Waals surface area contributed by atoms with Gasteiger partial charge < -0.3 is 9.88 Å². The van der Waals surface area contributed by atoms with Gasteiger partial charge in [0.1, 0.15) is 5.69 Å². The molecule has 0 aliphatic heterocycles. The molecule has 0 bridgehead atoms. The first kappa shape index (κ1) is 18.3. The molecule has 1 amide bonds. The van der Waals surface area contributed by atoms with Gasteiger partial charge >= 0.3 is 0 Å². The predicted molar refractivity (Wildman–Crippen MR) is 101 cm³/mol. The molecule has 138 valence electrons. The summed E-state index contributed by atoms with van der Waals surface area (Å²) in [7, 11) is 0. The Labute approximate surface area is 153 Å². The number of aromatic amines is 1. The largest absolute Gasteiger partial charge is 0.336 e. The summed E-state index contributed by atoms with van der Waals surface area (Å²) in [5, 5.41) is 0. The fourth-order valence-electron chi connectivity index (χ4n) is 3.12. The fourth-order valence-corrected chi connectivity index (χ4v) is 3.12. The highest BCUT2D eigenvalue weighted by Gasteiger charge is 2.36. The van der Waals surface area contributed by atoms with Crippen molar-refractivity contribution >= 4 is 5.91 Å². The number of rotatable bonds is 6. The summed E-state index contributed by atoms with van der Waals surface area (Å²) in [5.41, 5.74) is 1.37. The minimum Gasteiger partial charge on any atom is -0.336 e. The van der Waals surface area contributed by atoms with Gasteiger partial charge in [-0.25, -0.2) is 4.98 Å². The van der Waals surface area contributed by atoms with Gasteiger partial charge in [-0.2, -0.15) is 0 Å². The van der Waals surface area contributed by atoms with Gasteiger partial charge in [0.05, 0.1) is 6.42 Å². The van der Waals surface area contributed by atoms with Crippen LogP contribution in [0.1, 0.15) is 44.9 Å². The van der Waals surface area contributed by atoms with Crippen LogP contribution in [0.3, 0.4) is 0 Å². The molecule has 0 saturated heterocycles.